The number of hydrogen-bond donors (Lipinski definition) is 2. The molecule has 0 radical (unpaired) electrons. The molecule has 5 heteroatoms. The summed E-state index contributed by atoms with van der Waals surface area (Å²) in [6, 6.07) is 2.18. The Kier molecular flexibility index (Phi) is 5.38. The van der Waals surface area contributed by atoms with Crippen LogP contribution < -0.4 is 11.1 Å². The van der Waals surface area contributed by atoms with Gasteiger partial charge in [0.15, 0.2) is 0 Å². The van der Waals surface area contributed by atoms with Gasteiger partial charge in [-0.3, -0.25) is 0 Å². The zero-order valence-corrected chi connectivity index (χ0v) is 11.0. The van der Waals surface area contributed by atoms with E-state index >= 15 is 0 Å². The van der Waals surface area contributed by atoms with E-state index in [1.165, 1.54) is 0 Å². The Bertz CT molecular complexity index is 330. The second-order valence-corrected chi connectivity index (χ2v) is 4.97. The highest BCUT2D eigenvalue weighted by Crippen LogP contribution is 2.12. The number of nitrogen functional groups attached to an aromatic ring is 1. The van der Waals surface area contributed by atoms with Crippen molar-refractivity contribution in [3.63, 3.8) is 0 Å². The first-order valence-corrected chi connectivity index (χ1v) is 6.78. The first kappa shape index (κ1) is 13.1. The number of hydrogen-bond acceptors (Lipinski definition) is 5. The van der Waals surface area contributed by atoms with Crippen LogP contribution in [0.1, 0.15) is 26.6 Å². The maximum atomic E-state index is 5.71. The topological polar surface area (TPSA) is 63.8 Å². The maximum Gasteiger partial charge on any atom is 0.132 e. The van der Waals surface area contributed by atoms with E-state index in [0.29, 0.717) is 11.9 Å². The lowest BCUT2D eigenvalue weighted by molar-refractivity contribution is 0.879. The summed E-state index contributed by atoms with van der Waals surface area (Å²) in [5.74, 6) is 4.36. The fourth-order valence-electron chi connectivity index (χ4n) is 1.34. The van der Waals surface area contributed by atoms with Crippen molar-refractivity contribution in [3.8, 4) is 0 Å². The molecular weight excluding hydrogens is 220 g/mol. The SMILES string of the molecule is CCSCC(C)Nc1cc(N)nc(CC)n1. The highest BCUT2D eigenvalue weighted by Gasteiger charge is 2.05. The molecule has 4 nitrogen and oxygen atoms in total. The first-order valence-electron chi connectivity index (χ1n) is 5.63. The first-order chi connectivity index (χ1) is 7.65. The van der Waals surface area contributed by atoms with Crippen LogP contribution in [0.25, 0.3) is 0 Å². The molecule has 1 unspecified atom stereocenters. The molecule has 1 atom stereocenters. The number of nitrogens with two attached hydrogens (primary N) is 1. The molecule has 3 N–H and O–H groups in total. The van der Waals surface area contributed by atoms with Crippen LogP contribution in [-0.4, -0.2) is 27.5 Å². The van der Waals surface area contributed by atoms with Crippen LogP contribution in [-0.2, 0) is 6.42 Å². The van der Waals surface area contributed by atoms with Crippen molar-refractivity contribution in [1.29, 1.82) is 0 Å². The van der Waals surface area contributed by atoms with Crippen LogP contribution in [0.15, 0.2) is 6.07 Å². The summed E-state index contributed by atoms with van der Waals surface area (Å²) < 4.78 is 0. The molecule has 0 spiro atoms. The summed E-state index contributed by atoms with van der Waals surface area (Å²) in [7, 11) is 0. The smallest absolute Gasteiger partial charge is 0.132 e. The van der Waals surface area contributed by atoms with Crippen molar-refractivity contribution in [2.45, 2.75) is 33.2 Å². The van der Waals surface area contributed by atoms with E-state index in [2.05, 4.69) is 29.1 Å². The Morgan fingerprint density at radius 3 is 2.81 bits per heavy atom. The molecule has 0 aromatic carbocycles. The summed E-state index contributed by atoms with van der Waals surface area (Å²) in [5.41, 5.74) is 5.71. The molecule has 0 saturated carbocycles. The summed E-state index contributed by atoms with van der Waals surface area (Å²) in [4.78, 5) is 8.53. The van der Waals surface area contributed by atoms with Gasteiger partial charge in [-0.25, -0.2) is 9.97 Å². The van der Waals surface area contributed by atoms with E-state index in [1.54, 1.807) is 6.07 Å². The molecule has 0 amide bonds. The van der Waals surface area contributed by atoms with E-state index in [4.69, 9.17) is 5.73 Å². The number of nitrogens with one attached hydrogen (secondary N) is 1. The minimum Gasteiger partial charge on any atom is -0.384 e. The second-order valence-electron chi connectivity index (χ2n) is 3.65. The predicted molar refractivity (Wildman–Crippen MR) is 71.9 cm³/mol. The van der Waals surface area contributed by atoms with Gasteiger partial charge in [0, 0.05) is 24.3 Å². The molecular formula is C11H20N4S. The third-order valence-corrected chi connectivity index (χ3v) is 3.22. The molecule has 90 valence electrons. The number of nitrogens with zero attached hydrogens (tertiary/aromatic N) is 2. The van der Waals surface area contributed by atoms with Gasteiger partial charge in [0.05, 0.1) is 0 Å². The molecule has 0 aliphatic carbocycles. The van der Waals surface area contributed by atoms with Gasteiger partial charge in [-0.2, -0.15) is 11.8 Å². The molecule has 0 aliphatic rings. The molecule has 1 heterocycles. The van der Waals surface area contributed by atoms with Crippen LogP contribution >= 0.6 is 11.8 Å². The highest BCUT2D eigenvalue weighted by molar-refractivity contribution is 7.99. The Balaban J connectivity index is 2.61. The Labute approximate surface area is 101 Å². The van der Waals surface area contributed by atoms with Gasteiger partial charge in [-0.05, 0) is 12.7 Å². The van der Waals surface area contributed by atoms with E-state index in [9.17, 15) is 0 Å². The van der Waals surface area contributed by atoms with Crippen molar-refractivity contribution in [2.24, 2.45) is 0 Å². The molecule has 0 aliphatic heterocycles. The number of anilines is 2. The Morgan fingerprint density at radius 2 is 2.19 bits per heavy atom. The number of aromatic nitrogens is 2. The summed E-state index contributed by atoms with van der Waals surface area (Å²) in [6.07, 6.45) is 0.803. The van der Waals surface area contributed by atoms with Crippen LogP contribution in [0, 0.1) is 0 Å². The average Bonchev–Trinajstić information content (AvgIpc) is 2.25. The average molecular weight is 240 g/mol. The number of aryl methyl sites for hydroxylation is 1. The van der Waals surface area contributed by atoms with Crippen molar-refractivity contribution in [3.05, 3.63) is 11.9 Å². The fourth-order valence-corrected chi connectivity index (χ4v) is 2.01. The Hall–Kier alpha value is -0.970. The normalized spacial score (nSPS) is 12.4. The van der Waals surface area contributed by atoms with Gasteiger partial charge in [-0.1, -0.05) is 13.8 Å². The van der Waals surface area contributed by atoms with Crippen molar-refractivity contribution in [1.82, 2.24) is 9.97 Å². The minimum absolute atomic E-state index is 0.393. The highest BCUT2D eigenvalue weighted by atomic mass is 32.2. The monoisotopic (exact) mass is 240 g/mol. The molecule has 0 fully saturated rings. The molecule has 1 aromatic rings. The third-order valence-electron chi connectivity index (χ3n) is 2.07. The van der Waals surface area contributed by atoms with Crippen LogP contribution in [0.4, 0.5) is 11.6 Å². The standard InChI is InChI=1S/C11H20N4S/c1-4-10-14-9(12)6-11(15-10)13-8(3)7-16-5-2/h6,8H,4-5,7H2,1-3H3,(H3,12,13,14,15). The van der Waals surface area contributed by atoms with Crippen molar-refractivity contribution >= 4 is 23.4 Å². The van der Waals surface area contributed by atoms with E-state index in [0.717, 1.165) is 29.6 Å². The van der Waals surface area contributed by atoms with Gasteiger partial charge in [0.25, 0.3) is 0 Å². The van der Waals surface area contributed by atoms with Gasteiger partial charge in [0.1, 0.15) is 17.5 Å². The van der Waals surface area contributed by atoms with Crippen molar-refractivity contribution in [2.75, 3.05) is 22.6 Å². The quantitative estimate of drug-likeness (QED) is 0.798. The summed E-state index contributed by atoms with van der Waals surface area (Å²) >= 11 is 1.91. The summed E-state index contributed by atoms with van der Waals surface area (Å²) in [5, 5.41) is 3.34. The predicted octanol–water partition coefficient (Wildman–Crippen LogP) is 2.17. The lowest BCUT2D eigenvalue weighted by Gasteiger charge is -2.14. The molecule has 0 saturated heterocycles. The zero-order valence-electron chi connectivity index (χ0n) is 10.2. The molecule has 0 bridgehead atoms. The lowest BCUT2D eigenvalue weighted by atomic mass is 10.3. The van der Waals surface area contributed by atoms with Crippen LogP contribution in [0.3, 0.4) is 0 Å². The van der Waals surface area contributed by atoms with E-state index < -0.39 is 0 Å². The zero-order chi connectivity index (χ0) is 12.0. The number of rotatable bonds is 6. The maximum absolute atomic E-state index is 5.71. The van der Waals surface area contributed by atoms with E-state index in [-0.39, 0.29) is 0 Å². The van der Waals surface area contributed by atoms with E-state index in [1.807, 2.05) is 18.7 Å². The molecule has 16 heavy (non-hydrogen) atoms. The van der Waals surface area contributed by atoms with Gasteiger partial charge < -0.3 is 11.1 Å². The minimum atomic E-state index is 0.393. The van der Waals surface area contributed by atoms with Gasteiger partial charge in [0.2, 0.25) is 0 Å². The third kappa shape index (κ3) is 4.26. The van der Waals surface area contributed by atoms with Crippen molar-refractivity contribution < 1.29 is 0 Å². The van der Waals surface area contributed by atoms with Gasteiger partial charge >= 0.3 is 0 Å². The summed E-state index contributed by atoms with van der Waals surface area (Å²) in [6.45, 7) is 6.33. The number of thioether (sulfide) groups is 1. The largest absolute Gasteiger partial charge is 0.384 e. The molecule has 1 aromatic heterocycles. The molecule has 1 rings (SSSR count). The second kappa shape index (κ2) is 6.58. The van der Waals surface area contributed by atoms with Crippen LogP contribution in [0.5, 0.6) is 0 Å². The fraction of sp³-hybridized carbons (Fsp3) is 0.636. The van der Waals surface area contributed by atoms with Gasteiger partial charge in [-0.15, -0.1) is 0 Å². The van der Waals surface area contributed by atoms with Crippen LogP contribution in [0.2, 0.25) is 0 Å². The lowest BCUT2D eigenvalue weighted by Crippen LogP contribution is -2.19. The Morgan fingerprint density at radius 1 is 1.44 bits per heavy atom.